The summed E-state index contributed by atoms with van der Waals surface area (Å²) in [6.45, 7) is 11.6. The highest BCUT2D eigenvalue weighted by molar-refractivity contribution is 5.73. The maximum Gasteiger partial charge on any atom is 0.132 e. The minimum Gasteiger partial charge on any atom is -0.370 e. The number of rotatable bonds is 4. The van der Waals surface area contributed by atoms with Crippen LogP contribution in [-0.4, -0.2) is 16.5 Å². The number of hydrogen-bond donors (Lipinski definition) is 1. The van der Waals surface area contributed by atoms with Crippen molar-refractivity contribution in [3.05, 3.63) is 40.7 Å². The lowest BCUT2D eigenvalue weighted by atomic mass is 9.95. The van der Waals surface area contributed by atoms with Crippen molar-refractivity contribution in [3.63, 3.8) is 0 Å². The molecule has 0 amide bonds. The zero-order valence-corrected chi connectivity index (χ0v) is 13.0. The fourth-order valence-electron chi connectivity index (χ4n) is 2.68. The van der Waals surface area contributed by atoms with Gasteiger partial charge in [-0.25, -0.2) is 9.97 Å². The standard InChI is InChI=1S/C17H23N3/c1-6-7-18-17-14(5)16(19-10-20-17)15-12(3)8-11(2)9-13(15)4/h8-10H,6-7H2,1-5H3,(H,18,19,20). The van der Waals surface area contributed by atoms with Gasteiger partial charge in [0.1, 0.15) is 12.1 Å². The van der Waals surface area contributed by atoms with Gasteiger partial charge >= 0.3 is 0 Å². The molecule has 20 heavy (non-hydrogen) atoms. The highest BCUT2D eigenvalue weighted by Crippen LogP contribution is 2.31. The minimum absolute atomic E-state index is 0.934. The number of nitrogens with zero attached hydrogens (tertiary/aromatic N) is 2. The Morgan fingerprint density at radius 2 is 1.65 bits per heavy atom. The Morgan fingerprint density at radius 3 is 2.25 bits per heavy atom. The Hall–Kier alpha value is -1.90. The van der Waals surface area contributed by atoms with E-state index in [0.717, 1.165) is 30.0 Å². The van der Waals surface area contributed by atoms with Crippen LogP contribution in [0.2, 0.25) is 0 Å². The van der Waals surface area contributed by atoms with Gasteiger partial charge in [0.25, 0.3) is 0 Å². The SMILES string of the molecule is CCCNc1ncnc(-c2c(C)cc(C)cc2C)c1C. The number of aromatic nitrogens is 2. The summed E-state index contributed by atoms with van der Waals surface area (Å²) < 4.78 is 0. The van der Waals surface area contributed by atoms with Crippen LogP contribution in [0.25, 0.3) is 11.3 Å². The van der Waals surface area contributed by atoms with E-state index in [-0.39, 0.29) is 0 Å². The van der Waals surface area contributed by atoms with Crippen molar-refractivity contribution in [1.82, 2.24) is 9.97 Å². The molecule has 0 atom stereocenters. The van der Waals surface area contributed by atoms with E-state index in [1.54, 1.807) is 6.33 Å². The van der Waals surface area contributed by atoms with Gasteiger partial charge in [-0.2, -0.15) is 0 Å². The quantitative estimate of drug-likeness (QED) is 0.904. The van der Waals surface area contributed by atoms with Crippen LogP contribution >= 0.6 is 0 Å². The molecule has 2 aromatic rings. The number of nitrogens with one attached hydrogen (secondary N) is 1. The van der Waals surface area contributed by atoms with Gasteiger partial charge in [0.15, 0.2) is 0 Å². The molecule has 0 aliphatic rings. The van der Waals surface area contributed by atoms with Crippen LogP contribution in [0.15, 0.2) is 18.5 Å². The Balaban J connectivity index is 2.53. The lowest BCUT2D eigenvalue weighted by Gasteiger charge is -2.15. The number of aryl methyl sites for hydroxylation is 3. The van der Waals surface area contributed by atoms with Crippen molar-refractivity contribution in [1.29, 1.82) is 0 Å². The molecule has 0 saturated carbocycles. The summed E-state index contributed by atoms with van der Waals surface area (Å²) >= 11 is 0. The lowest BCUT2D eigenvalue weighted by molar-refractivity contribution is 0.960. The van der Waals surface area contributed by atoms with Crippen molar-refractivity contribution < 1.29 is 0 Å². The number of benzene rings is 1. The predicted octanol–water partition coefficient (Wildman–Crippen LogP) is 4.20. The molecule has 3 heteroatoms. The van der Waals surface area contributed by atoms with Crippen LogP contribution < -0.4 is 5.32 Å². The molecule has 2 rings (SSSR count). The molecule has 3 nitrogen and oxygen atoms in total. The third-order valence-corrected chi connectivity index (χ3v) is 3.54. The Bertz CT molecular complexity index is 595. The molecule has 0 radical (unpaired) electrons. The van der Waals surface area contributed by atoms with Gasteiger partial charge in [0.2, 0.25) is 0 Å². The second-order valence-corrected chi connectivity index (χ2v) is 5.40. The van der Waals surface area contributed by atoms with Crippen LogP contribution in [0.4, 0.5) is 5.82 Å². The van der Waals surface area contributed by atoms with Crippen molar-refractivity contribution in [2.45, 2.75) is 41.0 Å². The molecule has 0 aliphatic heterocycles. The van der Waals surface area contributed by atoms with Crippen LogP contribution in [0.3, 0.4) is 0 Å². The predicted molar refractivity (Wildman–Crippen MR) is 85.2 cm³/mol. The molecule has 1 aromatic carbocycles. The molecular formula is C17H23N3. The fraction of sp³-hybridized carbons (Fsp3) is 0.412. The Kier molecular flexibility index (Phi) is 4.38. The smallest absolute Gasteiger partial charge is 0.132 e. The van der Waals surface area contributed by atoms with Crippen molar-refractivity contribution >= 4 is 5.82 Å². The Morgan fingerprint density at radius 1 is 1.00 bits per heavy atom. The summed E-state index contributed by atoms with van der Waals surface area (Å²) in [6.07, 6.45) is 2.74. The molecule has 1 N–H and O–H groups in total. The molecular weight excluding hydrogens is 246 g/mol. The van der Waals surface area contributed by atoms with Crippen LogP contribution in [0.5, 0.6) is 0 Å². The van der Waals surface area contributed by atoms with Crippen molar-refractivity contribution in [2.24, 2.45) is 0 Å². The van der Waals surface area contributed by atoms with Crippen LogP contribution in [0, 0.1) is 27.7 Å². The summed E-state index contributed by atoms with van der Waals surface area (Å²) in [5.41, 5.74) is 7.22. The lowest BCUT2D eigenvalue weighted by Crippen LogP contribution is -2.06. The molecule has 0 spiro atoms. The third-order valence-electron chi connectivity index (χ3n) is 3.54. The van der Waals surface area contributed by atoms with E-state index in [2.05, 4.69) is 62.0 Å². The second-order valence-electron chi connectivity index (χ2n) is 5.40. The Labute approximate surface area is 121 Å². The molecule has 0 bridgehead atoms. The second kappa shape index (κ2) is 6.04. The fourth-order valence-corrected chi connectivity index (χ4v) is 2.68. The first-order valence-electron chi connectivity index (χ1n) is 7.18. The minimum atomic E-state index is 0.934. The van der Waals surface area contributed by atoms with E-state index in [1.165, 1.54) is 22.3 Å². The van der Waals surface area contributed by atoms with Gasteiger partial charge in [-0.3, -0.25) is 0 Å². The molecule has 106 valence electrons. The van der Waals surface area contributed by atoms with E-state index in [4.69, 9.17) is 0 Å². The zero-order chi connectivity index (χ0) is 14.7. The zero-order valence-electron chi connectivity index (χ0n) is 13.0. The molecule has 0 fully saturated rings. The summed E-state index contributed by atoms with van der Waals surface area (Å²) in [5, 5.41) is 3.37. The number of anilines is 1. The molecule has 0 unspecified atom stereocenters. The van der Waals surface area contributed by atoms with Gasteiger partial charge < -0.3 is 5.32 Å². The topological polar surface area (TPSA) is 37.8 Å². The highest BCUT2D eigenvalue weighted by atomic mass is 15.0. The molecule has 1 heterocycles. The molecule has 1 aromatic heterocycles. The summed E-state index contributed by atoms with van der Waals surface area (Å²) in [4.78, 5) is 8.87. The van der Waals surface area contributed by atoms with E-state index in [1.807, 2.05) is 0 Å². The maximum atomic E-state index is 4.52. The van der Waals surface area contributed by atoms with Gasteiger partial charge in [0.05, 0.1) is 5.69 Å². The molecule has 0 saturated heterocycles. The van der Waals surface area contributed by atoms with Gasteiger partial charge in [-0.1, -0.05) is 24.6 Å². The monoisotopic (exact) mass is 269 g/mol. The first-order chi connectivity index (χ1) is 9.54. The van der Waals surface area contributed by atoms with Crippen molar-refractivity contribution in [2.75, 3.05) is 11.9 Å². The van der Waals surface area contributed by atoms with Gasteiger partial charge in [0, 0.05) is 17.7 Å². The number of hydrogen-bond acceptors (Lipinski definition) is 3. The van der Waals surface area contributed by atoms with E-state index in [0.29, 0.717) is 0 Å². The van der Waals surface area contributed by atoms with Gasteiger partial charge in [-0.15, -0.1) is 0 Å². The van der Waals surface area contributed by atoms with Crippen molar-refractivity contribution in [3.8, 4) is 11.3 Å². The van der Waals surface area contributed by atoms with Crippen LogP contribution in [-0.2, 0) is 0 Å². The average Bonchev–Trinajstić information content (AvgIpc) is 2.38. The summed E-state index contributed by atoms with van der Waals surface area (Å²) in [5.74, 6) is 0.941. The van der Waals surface area contributed by atoms with E-state index >= 15 is 0 Å². The summed E-state index contributed by atoms with van der Waals surface area (Å²) in [6, 6.07) is 4.42. The van der Waals surface area contributed by atoms with Gasteiger partial charge in [-0.05, 0) is 45.2 Å². The first-order valence-corrected chi connectivity index (χ1v) is 7.18. The largest absolute Gasteiger partial charge is 0.370 e. The summed E-state index contributed by atoms with van der Waals surface area (Å²) in [7, 11) is 0. The molecule has 0 aliphatic carbocycles. The third kappa shape index (κ3) is 2.82. The maximum absolute atomic E-state index is 4.52. The van der Waals surface area contributed by atoms with E-state index < -0.39 is 0 Å². The average molecular weight is 269 g/mol. The van der Waals surface area contributed by atoms with Crippen LogP contribution in [0.1, 0.15) is 35.6 Å². The highest BCUT2D eigenvalue weighted by Gasteiger charge is 2.13. The first kappa shape index (κ1) is 14.5. The van der Waals surface area contributed by atoms with E-state index in [9.17, 15) is 0 Å². The normalized spacial score (nSPS) is 10.7.